The minimum absolute atomic E-state index is 0.0129. The zero-order valence-electron chi connectivity index (χ0n) is 20.6. The summed E-state index contributed by atoms with van der Waals surface area (Å²) in [5.41, 5.74) is 1.15. The van der Waals surface area contributed by atoms with Crippen molar-refractivity contribution in [3.8, 4) is 11.5 Å². The fourth-order valence-electron chi connectivity index (χ4n) is 3.47. The minimum atomic E-state index is -0.645. The highest BCUT2D eigenvalue weighted by atomic mass is 16.5. The number of nitrogens with zero attached hydrogens (tertiary/aromatic N) is 1. The maximum atomic E-state index is 13.0. The molecule has 35 heavy (non-hydrogen) atoms. The van der Waals surface area contributed by atoms with Crippen LogP contribution in [0.1, 0.15) is 55.1 Å². The molecule has 0 atom stereocenters. The van der Waals surface area contributed by atoms with Crippen molar-refractivity contribution in [1.29, 1.82) is 0 Å². The SMILES string of the molecule is C=CCc1cc(/C=C2\NC(=O)N(Cc3ccc(C(=O)OC)o3)C2=O)cc(OCC)c1OC(C)(C)C. The number of ether oxygens (including phenoxy) is 3. The summed E-state index contributed by atoms with van der Waals surface area (Å²) in [6.07, 6.45) is 3.86. The predicted octanol–water partition coefficient (Wildman–Crippen LogP) is 4.46. The molecule has 1 saturated heterocycles. The van der Waals surface area contributed by atoms with Crippen LogP contribution in [0.3, 0.4) is 0 Å². The highest BCUT2D eigenvalue weighted by Gasteiger charge is 2.34. The number of amides is 3. The molecule has 0 saturated carbocycles. The second-order valence-electron chi connectivity index (χ2n) is 8.78. The maximum Gasteiger partial charge on any atom is 0.373 e. The van der Waals surface area contributed by atoms with Crippen LogP contribution in [-0.4, -0.2) is 42.1 Å². The van der Waals surface area contributed by atoms with Crippen molar-refractivity contribution in [2.45, 2.75) is 46.3 Å². The Morgan fingerprint density at radius 3 is 2.60 bits per heavy atom. The minimum Gasteiger partial charge on any atom is -0.490 e. The van der Waals surface area contributed by atoms with E-state index in [0.717, 1.165) is 10.5 Å². The number of nitrogens with one attached hydrogen (secondary N) is 1. The number of hydrogen-bond acceptors (Lipinski definition) is 7. The van der Waals surface area contributed by atoms with Crippen LogP contribution >= 0.6 is 0 Å². The third-order valence-corrected chi connectivity index (χ3v) is 4.86. The van der Waals surface area contributed by atoms with Crippen LogP contribution in [0, 0.1) is 0 Å². The van der Waals surface area contributed by atoms with Gasteiger partial charge >= 0.3 is 12.0 Å². The number of furan rings is 1. The standard InChI is InChI=1S/C26H30N2O7/c1-7-9-17-12-16(14-21(33-8-2)22(17)35-26(3,4)5)13-19-23(29)28(25(31)27-19)15-18-10-11-20(34-18)24(30)32-6/h7,10-14H,1,8-9,15H2,2-6H3,(H,27,31)/b19-13-. The first-order valence-corrected chi connectivity index (χ1v) is 11.2. The Balaban J connectivity index is 1.91. The lowest BCUT2D eigenvalue weighted by molar-refractivity contribution is -0.123. The van der Waals surface area contributed by atoms with Gasteiger partial charge in [0.05, 0.1) is 20.3 Å². The Bertz CT molecular complexity index is 1170. The second-order valence-corrected chi connectivity index (χ2v) is 8.78. The number of carbonyl (C=O) groups is 3. The van der Waals surface area contributed by atoms with E-state index in [1.807, 2.05) is 33.8 Å². The Morgan fingerprint density at radius 1 is 1.23 bits per heavy atom. The van der Waals surface area contributed by atoms with Gasteiger partial charge in [-0.25, -0.2) is 9.59 Å². The Labute approximate surface area is 204 Å². The molecule has 186 valence electrons. The number of hydrogen-bond donors (Lipinski definition) is 1. The van der Waals surface area contributed by atoms with Crippen LogP contribution in [0.5, 0.6) is 11.5 Å². The lowest BCUT2D eigenvalue weighted by Gasteiger charge is -2.25. The number of benzene rings is 1. The molecular formula is C26H30N2O7. The number of imide groups is 1. The van der Waals surface area contributed by atoms with E-state index in [-0.39, 0.29) is 23.8 Å². The number of rotatable bonds is 9. The largest absolute Gasteiger partial charge is 0.490 e. The van der Waals surface area contributed by atoms with Crippen LogP contribution in [0.2, 0.25) is 0 Å². The molecule has 0 aliphatic carbocycles. The smallest absolute Gasteiger partial charge is 0.373 e. The fourth-order valence-corrected chi connectivity index (χ4v) is 3.47. The molecule has 1 aliphatic rings. The van der Waals surface area contributed by atoms with Gasteiger partial charge in [-0.2, -0.15) is 0 Å². The summed E-state index contributed by atoms with van der Waals surface area (Å²) >= 11 is 0. The van der Waals surface area contributed by atoms with E-state index in [0.29, 0.717) is 30.1 Å². The molecular weight excluding hydrogens is 452 g/mol. The van der Waals surface area contributed by atoms with Crippen molar-refractivity contribution in [2.75, 3.05) is 13.7 Å². The van der Waals surface area contributed by atoms with Crippen molar-refractivity contribution in [3.63, 3.8) is 0 Å². The van der Waals surface area contributed by atoms with Gasteiger partial charge in [0.25, 0.3) is 5.91 Å². The molecule has 1 fully saturated rings. The van der Waals surface area contributed by atoms with Gasteiger partial charge in [-0.05, 0) is 70.0 Å². The monoisotopic (exact) mass is 482 g/mol. The van der Waals surface area contributed by atoms with Gasteiger partial charge in [-0.15, -0.1) is 6.58 Å². The van der Waals surface area contributed by atoms with E-state index in [9.17, 15) is 14.4 Å². The topological polar surface area (TPSA) is 107 Å². The first kappa shape index (κ1) is 25.6. The summed E-state index contributed by atoms with van der Waals surface area (Å²) in [6, 6.07) is 5.98. The summed E-state index contributed by atoms with van der Waals surface area (Å²) in [6.45, 7) is 11.8. The molecule has 3 amide bonds. The molecule has 0 unspecified atom stereocenters. The quantitative estimate of drug-likeness (QED) is 0.243. The summed E-state index contributed by atoms with van der Waals surface area (Å²) in [7, 11) is 1.23. The van der Waals surface area contributed by atoms with Gasteiger partial charge < -0.3 is 23.9 Å². The van der Waals surface area contributed by atoms with Crippen molar-refractivity contribution < 1.29 is 33.0 Å². The second kappa shape index (κ2) is 10.5. The maximum absolute atomic E-state index is 13.0. The number of carbonyl (C=O) groups excluding carboxylic acids is 3. The van der Waals surface area contributed by atoms with Gasteiger partial charge in [0.15, 0.2) is 11.5 Å². The molecule has 1 aromatic carbocycles. The molecule has 0 radical (unpaired) electrons. The predicted molar refractivity (Wildman–Crippen MR) is 129 cm³/mol. The molecule has 9 heteroatoms. The van der Waals surface area contributed by atoms with Crippen molar-refractivity contribution >= 4 is 24.0 Å². The van der Waals surface area contributed by atoms with E-state index < -0.39 is 23.5 Å². The van der Waals surface area contributed by atoms with E-state index in [1.54, 1.807) is 18.2 Å². The number of allylic oxidation sites excluding steroid dienone is 1. The first-order valence-electron chi connectivity index (χ1n) is 11.2. The summed E-state index contributed by atoms with van der Waals surface area (Å²) in [5.74, 6) is 0.238. The molecule has 0 bridgehead atoms. The van der Waals surface area contributed by atoms with Gasteiger partial charge in [-0.1, -0.05) is 6.08 Å². The zero-order valence-corrected chi connectivity index (χ0v) is 20.6. The van der Waals surface area contributed by atoms with Gasteiger partial charge in [0, 0.05) is 5.56 Å². The van der Waals surface area contributed by atoms with Crippen LogP contribution in [-0.2, 0) is 22.5 Å². The molecule has 9 nitrogen and oxygen atoms in total. The molecule has 1 N–H and O–H groups in total. The average Bonchev–Trinajstić information content (AvgIpc) is 3.35. The molecule has 2 aromatic rings. The van der Waals surface area contributed by atoms with E-state index >= 15 is 0 Å². The highest BCUT2D eigenvalue weighted by Crippen LogP contribution is 2.37. The number of urea groups is 1. The number of methoxy groups -OCH3 is 1. The fraction of sp³-hybridized carbons (Fsp3) is 0.346. The highest BCUT2D eigenvalue weighted by molar-refractivity contribution is 6.13. The third kappa shape index (κ3) is 6.11. The Kier molecular flexibility index (Phi) is 7.68. The summed E-state index contributed by atoms with van der Waals surface area (Å²) in [5, 5.41) is 2.59. The molecule has 1 aromatic heterocycles. The van der Waals surface area contributed by atoms with Gasteiger partial charge in [0.1, 0.15) is 17.1 Å². The summed E-state index contributed by atoms with van der Waals surface area (Å²) < 4.78 is 22.0. The molecule has 2 heterocycles. The third-order valence-electron chi connectivity index (χ3n) is 4.86. The molecule has 0 spiro atoms. The molecule has 1 aliphatic heterocycles. The normalized spacial score (nSPS) is 14.8. The van der Waals surface area contributed by atoms with Crippen LogP contribution < -0.4 is 14.8 Å². The van der Waals surface area contributed by atoms with E-state index in [1.165, 1.54) is 19.2 Å². The zero-order chi connectivity index (χ0) is 25.8. The van der Waals surface area contributed by atoms with Crippen molar-refractivity contribution in [1.82, 2.24) is 10.2 Å². The average molecular weight is 483 g/mol. The Morgan fingerprint density at radius 2 is 1.97 bits per heavy atom. The lowest BCUT2D eigenvalue weighted by Crippen LogP contribution is -2.30. The van der Waals surface area contributed by atoms with Gasteiger partial charge in [-0.3, -0.25) is 9.69 Å². The molecule has 3 rings (SSSR count). The van der Waals surface area contributed by atoms with Crippen molar-refractivity contribution in [2.24, 2.45) is 0 Å². The van der Waals surface area contributed by atoms with Gasteiger partial charge in [0.2, 0.25) is 5.76 Å². The van der Waals surface area contributed by atoms with Crippen LogP contribution in [0.25, 0.3) is 6.08 Å². The summed E-state index contributed by atoms with van der Waals surface area (Å²) in [4.78, 5) is 38.0. The van der Waals surface area contributed by atoms with E-state index in [2.05, 4.69) is 16.6 Å². The first-order chi connectivity index (χ1) is 16.6. The number of esters is 1. The lowest BCUT2D eigenvalue weighted by atomic mass is 10.0. The van der Waals surface area contributed by atoms with Crippen LogP contribution in [0.4, 0.5) is 4.79 Å². The Hall–Kier alpha value is -4.01. The van der Waals surface area contributed by atoms with Crippen molar-refractivity contribution in [3.05, 3.63) is 65.3 Å². The van der Waals surface area contributed by atoms with E-state index in [4.69, 9.17) is 13.9 Å². The van der Waals surface area contributed by atoms with Crippen LogP contribution in [0.15, 0.2) is 47.0 Å².